The molecule has 0 aromatic heterocycles. The van der Waals surface area contributed by atoms with E-state index in [1.165, 1.54) is 25.7 Å². The summed E-state index contributed by atoms with van der Waals surface area (Å²) in [7, 11) is 2.18. The maximum atomic E-state index is 8.90. The van der Waals surface area contributed by atoms with Crippen molar-refractivity contribution in [1.82, 2.24) is 4.90 Å². The molecule has 4 nitrogen and oxygen atoms in total. The molecule has 3 rings (SSSR count). The summed E-state index contributed by atoms with van der Waals surface area (Å²) in [6, 6.07) is 7.90. The van der Waals surface area contributed by atoms with E-state index >= 15 is 0 Å². The van der Waals surface area contributed by atoms with E-state index in [2.05, 4.69) is 23.2 Å². The minimum atomic E-state index is 0.193. The Morgan fingerprint density at radius 1 is 1.33 bits per heavy atom. The summed E-state index contributed by atoms with van der Waals surface area (Å²) in [5.74, 6) is 3.01. The van der Waals surface area contributed by atoms with Crippen LogP contribution < -0.4 is 5.73 Å². The van der Waals surface area contributed by atoms with Crippen LogP contribution in [0.2, 0.25) is 0 Å². The zero-order chi connectivity index (χ0) is 14.8. The second-order valence-corrected chi connectivity index (χ2v) is 6.77. The normalized spacial score (nSPS) is 28.5. The van der Waals surface area contributed by atoms with Crippen molar-refractivity contribution in [2.75, 3.05) is 13.6 Å². The Kier molecular flexibility index (Phi) is 4.15. The molecule has 2 aliphatic rings. The van der Waals surface area contributed by atoms with Gasteiger partial charge in [0.1, 0.15) is 0 Å². The average Bonchev–Trinajstić information content (AvgIpc) is 3.09. The second kappa shape index (κ2) is 6.06. The van der Waals surface area contributed by atoms with Crippen LogP contribution in [-0.4, -0.2) is 29.5 Å². The lowest BCUT2D eigenvalue weighted by atomic mass is 9.88. The molecule has 0 aliphatic heterocycles. The Morgan fingerprint density at radius 3 is 2.81 bits per heavy atom. The lowest BCUT2D eigenvalue weighted by Gasteiger charge is -2.27. The molecular weight excluding hydrogens is 262 g/mol. The molecule has 21 heavy (non-hydrogen) atoms. The van der Waals surface area contributed by atoms with Gasteiger partial charge in [0, 0.05) is 18.7 Å². The Labute approximate surface area is 126 Å². The first-order valence-corrected chi connectivity index (χ1v) is 7.91. The van der Waals surface area contributed by atoms with Crippen molar-refractivity contribution in [1.29, 1.82) is 0 Å². The van der Waals surface area contributed by atoms with Crippen LogP contribution in [0.5, 0.6) is 0 Å². The molecule has 0 saturated heterocycles. The van der Waals surface area contributed by atoms with Crippen LogP contribution >= 0.6 is 0 Å². The molecule has 0 spiro atoms. The van der Waals surface area contributed by atoms with Crippen LogP contribution in [0.4, 0.5) is 0 Å². The van der Waals surface area contributed by atoms with E-state index in [1.807, 2.05) is 18.2 Å². The fourth-order valence-corrected chi connectivity index (χ4v) is 4.32. The van der Waals surface area contributed by atoms with Gasteiger partial charge >= 0.3 is 0 Å². The van der Waals surface area contributed by atoms with E-state index in [0.717, 1.165) is 42.0 Å². The zero-order valence-corrected chi connectivity index (χ0v) is 12.7. The first kappa shape index (κ1) is 14.4. The summed E-state index contributed by atoms with van der Waals surface area (Å²) in [6.07, 6.45) is 5.76. The van der Waals surface area contributed by atoms with Crippen molar-refractivity contribution in [3.05, 3.63) is 35.4 Å². The van der Waals surface area contributed by atoms with Crippen LogP contribution in [0.1, 0.15) is 36.8 Å². The fraction of sp³-hybridized carbons (Fsp3) is 0.588. The molecule has 2 bridgehead atoms. The number of fused-ring (bicyclic) bond motifs is 2. The Balaban J connectivity index is 1.64. The Bertz CT molecular complexity index is 529. The van der Waals surface area contributed by atoms with Crippen LogP contribution in [0.25, 0.3) is 0 Å². The van der Waals surface area contributed by atoms with Gasteiger partial charge in [0.15, 0.2) is 5.84 Å². The molecule has 114 valence electrons. The predicted octanol–water partition coefficient (Wildman–Crippen LogP) is 2.65. The minimum absolute atomic E-state index is 0.193. The molecule has 0 heterocycles. The lowest BCUT2D eigenvalue weighted by molar-refractivity contribution is 0.214. The summed E-state index contributed by atoms with van der Waals surface area (Å²) in [5.41, 5.74) is 7.72. The van der Waals surface area contributed by atoms with E-state index in [9.17, 15) is 0 Å². The van der Waals surface area contributed by atoms with Gasteiger partial charge in [-0.2, -0.15) is 0 Å². The van der Waals surface area contributed by atoms with Crippen molar-refractivity contribution in [3.63, 3.8) is 0 Å². The molecular formula is C17H25N3O. The number of benzene rings is 1. The third kappa shape index (κ3) is 3.05. The molecule has 3 atom stereocenters. The molecule has 1 aromatic carbocycles. The summed E-state index contributed by atoms with van der Waals surface area (Å²) in [6.45, 7) is 2.01. The second-order valence-electron chi connectivity index (χ2n) is 6.77. The first-order valence-electron chi connectivity index (χ1n) is 7.91. The van der Waals surface area contributed by atoms with Crippen LogP contribution in [0.15, 0.2) is 29.4 Å². The van der Waals surface area contributed by atoms with Crippen molar-refractivity contribution in [2.45, 2.75) is 32.2 Å². The number of hydrogen-bond acceptors (Lipinski definition) is 3. The van der Waals surface area contributed by atoms with E-state index in [4.69, 9.17) is 10.9 Å². The molecule has 4 heteroatoms. The van der Waals surface area contributed by atoms with Gasteiger partial charge in [-0.05, 0) is 49.6 Å². The van der Waals surface area contributed by atoms with Crippen molar-refractivity contribution in [2.24, 2.45) is 28.6 Å². The summed E-state index contributed by atoms with van der Waals surface area (Å²) in [4.78, 5) is 2.38. The van der Waals surface area contributed by atoms with Crippen LogP contribution in [0, 0.1) is 17.8 Å². The number of nitrogens with zero attached hydrogens (tertiary/aromatic N) is 2. The van der Waals surface area contributed by atoms with Gasteiger partial charge in [-0.15, -0.1) is 0 Å². The third-order valence-electron chi connectivity index (χ3n) is 5.27. The molecule has 2 fully saturated rings. The third-order valence-corrected chi connectivity index (χ3v) is 5.27. The van der Waals surface area contributed by atoms with E-state index in [1.54, 1.807) is 0 Å². The monoisotopic (exact) mass is 287 g/mol. The van der Waals surface area contributed by atoms with Gasteiger partial charge in [0.25, 0.3) is 0 Å². The summed E-state index contributed by atoms with van der Waals surface area (Å²) >= 11 is 0. The Hall–Kier alpha value is -1.55. The maximum absolute atomic E-state index is 8.90. The van der Waals surface area contributed by atoms with E-state index < -0.39 is 0 Å². The molecule has 2 aliphatic carbocycles. The summed E-state index contributed by atoms with van der Waals surface area (Å²) in [5, 5.41) is 12.0. The van der Waals surface area contributed by atoms with Gasteiger partial charge in [0.2, 0.25) is 0 Å². The standard InChI is InChI=1S/C17H25N3O/c1-20(11-15-9-12-6-7-13(15)8-12)10-14-4-2-3-5-16(14)17(18)19-21/h2-5,12-13,15,21H,6-11H2,1H3,(H2,18,19). The van der Waals surface area contributed by atoms with Gasteiger partial charge < -0.3 is 15.8 Å². The number of amidine groups is 1. The van der Waals surface area contributed by atoms with E-state index in [-0.39, 0.29) is 5.84 Å². The SMILES string of the molecule is CN(Cc1ccccc1C(N)=NO)CC1CC2CCC1C2. The first-order chi connectivity index (χ1) is 10.2. The highest BCUT2D eigenvalue weighted by Gasteiger charge is 2.39. The average molecular weight is 287 g/mol. The molecule has 3 N–H and O–H groups in total. The van der Waals surface area contributed by atoms with Gasteiger partial charge in [-0.3, -0.25) is 0 Å². The number of oxime groups is 1. The van der Waals surface area contributed by atoms with Gasteiger partial charge in [-0.1, -0.05) is 35.8 Å². The lowest BCUT2D eigenvalue weighted by Crippen LogP contribution is -2.29. The summed E-state index contributed by atoms with van der Waals surface area (Å²) < 4.78 is 0. The highest BCUT2D eigenvalue weighted by atomic mass is 16.4. The predicted molar refractivity (Wildman–Crippen MR) is 84.2 cm³/mol. The number of hydrogen-bond donors (Lipinski definition) is 2. The van der Waals surface area contributed by atoms with Gasteiger partial charge in [0.05, 0.1) is 0 Å². The van der Waals surface area contributed by atoms with Crippen molar-refractivity contribution in [3.8, 4) is 0 Å². The molecule has 1 aromatic rings. The Morgan fingerprint density at radius 2 is 2.14 bits per heavy atom. The van der Waals surface area contributed by atoms with Crippen LogP contribution in [-0.2, 0) is 6.54 Å². The highest BCUT2D eigenvalue weighted by molar-refractivity contribution is 5.98. The molecule has 0 radical (unpaired) electrons. The number of nitrogens with two attached hydrogens (primary N) is 1. The minimum Gasteiger partial charge on any atom is -0.409 e. The van der Waals surface area contributed by atoms with Crippen molar-refractivity contribution >= 4 is 5.84 Å². The van der Waals surface area contributed by atoms with E-state index in [0.29, 0.717) is 0 Å². The molecule has 2 saturated carbocycles. The van der Waals surface area contributed by atoms with Gasteiger partial charge in [-0.25, -0.2) is 0 Å². The topological polar surface area (TPSA) is 61.8 Å². The largest absolute Gasteiger partial charge is 0.409 e. The highest BCUT2D eigenvalue weighted by Crippen LogP contribution is 2.48. The molecule has 0 amide bonds. The maximum Gasteiger partial charge on any atom is 0.170 e. The fourth-order valence-electron chi connectivity index (χ4n) is 4.32. The smallest absolute Gasteiger partial charge is 0.170 e. The quantitative estimate of drug-likeness (QED) is 0.379. The number of rotatable bonds is 5. The molecule has 3 unspecified atom stereocenters. The van der Waals surface area contributed by atoms with Crippen molar-refractivity contribution < 1.29 is 5.21 Å². The van der Waals surface area contributed by atoms with Crippen LogP contribution in [0.3, 0.4) is 0 Å². The zero-order valence-electron chi connectivity index (χ0n) is 12.7.